The zero-order valence-electron chi connectivity index (χ0n) is 11.9. The molecule has 1 aromatic carbocycles. The molecule has 0 spiro atoms. The highest BCUT2D eigenvalue weighted by Crippen LogP contribution is 2.18. The molecule has 0 saturated carbocycles. The molecule has 2 rings (SSSR count). The van der Waals surface area contributed by atoms with Crippen LogP contribution in [-0.4, -0.2) is 36.1 Å². The summed E-state index contributed by atoms with van der Waals surface area (Å²) in [5.74, 6) is 5.37. The SMILES string of the molecule is CN(CCc1ccccc1)C(=O)c1sccc1C#CCO. The first-order valence-electron chi connectivity index (χ1n) is 6.69. The highest BCUT2D eigenvalue weighted by atomic mass is 32.1. The monoisotopic (exact) mass is 299 g/mol. The highest BCUT2D eigenvalue weighted by Gasteiger charge is 2.16. The van der Waals surface area contributed by atoms with Gasteiger partial charge in [0.15, 0.2) is 0 Å². The maximum absolute atomic E-state index is 12.4. The van der Waals surface area contributed by atoms with Crippen molar-refractivity contribution in [3.05, 3.63) is 57.8 Å². The largest absolute Gasteiger partial charge is 0.384 e. The summed E-state index contributed by atoms with van der Waals surface area (Å²) in [5, 5.41) is 10.6. The Morgan fingerprint density at radius 3 is 2.76 bits per heavy atom. The van der Waals surface area contributed by atoms with Crippen LogP contribution in [0.3, 0.4) is 0 Å². The molecule has 0 bridgehead atoms. The van der Waals surface area contributed by atoms with Crippen LogP contribution in [0.5, 0.6) is 0 Å². The molecule has 0 saturated heterocycles. The minimum absolute atomic E-state index is 0.0248. The molecule has 0 aliphatic carbocycles. The third-order valence-corrected chi connectivity index (χ3v) is 3.99. The Morgan fingerprint density at radius 2 is 2.05 bits per heavy atom. The number of likely N-dealkylation sites (N-methyl/N-ethyl adjacent to an activating group) is 1. The quantitative estimate of drug-likeness (QED) is 0.881. The number of carbonyl (C=O) groups is 1. The molecule has 0 radical (unpaired) electrons. The molecule has 0 aliphatic heterocycles. The second-order valence-electron chi connectivity index (χ2n) is 4.59. The summed E-state index contributed by atoms with van der Waals surface area (Å²) in [5.41, 5.74) is 1.90. The van der Waals surface area contributed by atoms with Gasteiger partial charge in [-0.25, -0.2) is 0 Å². The number of amides is 1. The molecule has 1 N–H and O–H groups in total. The van der Waals surface area contributed by atoms with E-state index in [1.54, 1.807) is 11.9 Å². The molecule has 1 aromatic heterocycles. The third kappa shape index (κ3) is 4.19. The molecule has 0 unspecified atom stereocenters. The first-order valence-corrected chi connectivity index (χ1v) is 7.57. The van der Waals surface area contributed by atoms with E-state index in [9.17, 15) is 4.79 Å². The number of thiophene rings is 1. The molecule has 2 aromatic rings. The third-order valence-electron chi connectivity index (χ3n) is 3.09. The van der Waals surface area contributed by atoms with Crippen molar-refractivity contribution in [3.63, 3.8) is 0 Å². The Kier molecular flexibility index (Phi) is 5.56. The Hall–Kier alpha value is -2.09. The van der Waals surface area contributed by atoms with Crippen LogP contribution in [-0.2, 0) is 6.42 Å². The van der Waals surface area contributed by atoms with Gasteiger partial charge < -0.3 is 10.0 Å². The predicted molar refractivity (Wildman–Crippen MR) is 85.4 cm³/mol. The fraction of sp³-hybridized carbons (Fsp3) is 0.235. The van der Waals surface area contributed by atoms with Crippen molar-refractivity contribution in [1.82, 2.24) is 4.90 Å². The van der Waals surface area contributed by atoms with E-state index in [0.717, 1.165) is 6.42 Å². The molecule has 3 nitrogen and oxygen atoms in total. The smallest absolute Gasteiger partial charge is 0.264 e. The van der Waals surface area contributed by atoms with Gasteiger partial charge in [-0.3, -0.25) is 4.79 Å². The molecule has 0 fully saturated rings. The molecule has 1 heterocycles. The normalized spacial score (nSPS) is 9.81. The average Bonchev–Trinajstić information content (AvgIpc) is 2.99. The van der Waals surface area contributed by atoms with E-state index >= 15 is 0 Å². The molecule has 1 amide bonds. The molecule has 108 valence electrons. The van der Waals surface area contributed by atoms with Crippen molar-refractivity contribution in [3.8, 4) is 11.8 Å². The van der Waals surface area contributed by atoms with Crippen molar-refractivity contribution >= 4 is 17.2 Å². The molecular formula is C17H17NO2S. The molecule has 4 heteroatoms. The van der Waals surface area contributed by atoms with Gasteiger partial charge in [-0.2, -0.15) is 0 Å². The highest BCUT2D eigenvalue weighted by molar-refractivity contribution is 7.12. The summed E-state index contributed by atoms with van der Waals surface area (Å²) in [6.45, 7) is 0.459. The van der Waals surface area contributed by atoms with Gasteiger partial charge in [0.1, 0.15) is 11.5 Å². The van der Waals surface area contributed by atoms with Crippen LogP contribution in [0.1, 0.15) is 20.8 Å². The van der Waals surface area contributed by atoms with Crippen molar-refractivity contribution < 1.29 is 9.90 Å². The van der Waals surface area contributed by atoms with Crippen LogP contribution < -0.4 is 0 Å². The summed E-state index contributed by atoms with van der Waals surface area (Å²) < 4.78 is 0. The standard InChI is InChI=1S/C17H17NO2S/c1-18(11-9-14-6-3-2-4-7-14)17(20)16-15(8-5-12-19)10-13-21-16/h2-4,6-7,10,13,19H,9,11-12H2,1H3. The van der Waals surface area contributed by atoms with E-state index in [4.69, 9.17) is 5.11 Å². The van der Waals surface area contributed by atoms with Gasteiger partial charge >= 0.3 is 0 Å². The van der Waals surface area contributed by atoms with Crippen LogP contribution in [0.2, 0.25) is 0 Å². The second-order valence-corrected chi connectivity index (χ2v) is 5.50. The summed E-state index contributed by atoms with van der Waals surface area (Å²) in [6, 6.07) is 11.9. The number of aliphatic hydroxyl groups is 1. The zero-order chi connectivity index (χ0) is 15.1. The predicted octanol–water partition coefficient (Wildman–Crippen LogP) is 2.41. The van der Waals surface area contributed by atoms with Crippen molar-refractivity contribution in [2.75, 3.05) is 20.2 Å². The fourth-order valence-electron chi connectivity index (χ4n) is 1.92. The van der Waals surface area contributed by atoms with Gasteiger partial charge in [0, 0.05) is 19.2 Å². The molecule has 0 aliphatic rings. The number of carbonyl (C=O) groups excluding carboxylic acids is 1. The Labute approximate surface area is 128 Å². The first kappa shape index (κ1) is 15.3. The van der Waals surface area contributed by atoms with E-state index in [1.807, 2.05) is 29.6 Å². The van der Waals surface area contributed by atoms with Gasteiger partial charge in [0.25, 0.3) is 5.91 Å². The van der Waals surface area contributed by atoms with Crippen LogP contribution in [0, 0.1) is 11.8 Å². The number of hydrogen-bond acceptors (Lipinski definition) is 3. The maximum Gasteiger partial charge on any atom is 0.264 e. The van der Waals surface area contributed by atoms with Crippen molar-refractivity contribution in [2.45, 2.75) is 6.42 Å². The van der Waals surface area contributed by atoms with E-state index in [1.165, 1.54) is 16.9 Å². The van der Waals surface area contributed by atoms with Gasteiger partial charge in [-0.1, -0.05) is 42.2 Å². The second kappa shape index (κ2) is 7.63. The van der Waals surface area contributed by atoms with E-state index in [2.05, 4.69) is 24.0 Å². The Bertz CT molecular complexity index is 652. The Balaban J connectivity index is 2.01. The van der Waals surface area contributed by atoms with E-state index in [-0.39, 0.29) is 12.5 Å². The lowest BCUT2D eigenvalue weighted by molar-refractivity contribution is 0.0801. The van der Waals surface area contributed by atoms with Gasteiger partial charge in [-0.05, 0) is 23.4 Å². The topological polar surface area (TPSA) is 40.5 Å². The number of rotatable bonds is 4. The summed E-state index contributed by atoms with van der Waals surface area (Å²) >= 11 is 1.38. The maximum atomic E-state index is 12.4. The number of aliphatic hydroxyl groups excluding tert-OH is 1. The number of hydrogen-bond donors (Lipinski definition) is 1. The van der Waals surface area contributed by atoms with Crippen molar-refractivity contribution in [1.29, 1.82) is 0 Å². The van der Waals surface area contributed by atoms with Crippen LogP contribution in [0.25, 0.3) is 0 Å². The van der Waals surface area contributed by atoms with Crippen LogP contribution in [0.4, 0.5) is 0 Å². The summed E-state index contributed by atoms with van der Waals surface area (Å²) in [6.07, 6.45) is 0.826. The van der Waals surface area contributed by atoms with Crippen molar-refractivity contribution in [2.24, 2.45) is 0 Å². The minimum Gasteiger partial charge on any atom is -0.384 e. The number of benzene rings is 1. The average molecular weight is 299 g/mol. The lowest BCUT2D eigenvalue weighted by Crippen LogP contribution is -2.28. The fourth-order valence-corrected chi connectivity index (χ4v) is 2.77. The molecule has 21 heavy (non-hydrogen) atoms. The molecule has 0 atom stereocenters. The van der Waals surface area contributed by atoms with Gasteiger partial charge in [0.2, 0.25) is 0 Å². The zero-order valence-corrected chi connectivity index (χ0v) is 12.7. The Morgan fingerprint density at radius 1 is 1.29 bits per heavy atom. The van der Waals surface area contributed by atoms with E-state index < -0.39 is 0 Å². The van der Waals surface area contributed by atoms with Crippen LogP contribution >= 0.6 is 11.3 Å². The summed E-state index contributed by atoms with van der Waals surface area (Å²) in [7, 11) is 1.80. The van der Waals surface area contributed by atoms with Gasteiger partial charge in [-0.15, -0.1) is 11.3 Å². The van der Waals surface area contributed by atoms with Gasteiger partial charge in [0.05, 0.1) is 0 Å². The number of nitrogens with zero attached hydrogens (tertiary/aromatic N) is 1. The first-order chi connectivity index (χ1) is 10.2. The minimum atomic E-state index is -0.201. The lowest BCUT2D eigenvalue weighted by atomic mass is 10.1. The van der Waals surface area contributed by atoms with Crippen LogP contribution in [0.15, 0.2) is 41.8 Å². The summed E-state index contributed by atoms with van der Waals surface area (Å²) in [4.78, 5) is 14.8. The molecular weight excluding hydrogens is 282 g/mol. The van der Waals surface area contributed by atoms with E-state index in [0.29, 0.717) is 17.0 Å². The lowest BCUT2D eigenvalue weighted by Gasteiger charge is -2.16.